The summed E-state index contributed by atoms with van der Waals surface area (Å²) in [6, 6.07) is 7.48. The van der Waals surface area contributed by atoms with Gasteiger partial charge in [0.2, 0.25) is 0 Å². The number of carboxylic acids is 1. The summed E-state index contributed by atoms with van der Waals surface area (Å²) in [6.07, 6.45) is 4.22. The van der Waals surface area contributed by atoms with Crippen LogP contribution in [0.2, 0.25) is 5.02 Å². The minimum absolute atomic E-state index is 0.0744. The van der Waals surface area contributed by atoms with E-state index in [9.17, 15) is 9.59 Å². The van der Waals surface area contributed by atoms with E-state index in [2.05, 4.69) is 16.7 Å². The molecule has 22 heavy (non-hydrogen) atoms. The third-order valence-corrected chi connectivity index (χ3v) is 4.44. The molecule has 1 fully saturated rings. The summed E-state index contributed by atoms with van der Waals surface area (Å²) < 4.78 is 0. The van der Waals surface area contributed by atoms with E-state index in [0.717, 1.165) is 31.2 Å². The van der Waals surface area contributed by atoms with E-state index < -0.39 is 5.97 Å². The Bertz CT molecular complexity index is 542. The molecule has 120 valence electrons. The zero-order chi connectivity index (χ0) is 16.0. The van der Waals surface area contributed by atoms with Gasteiger partial charge in [0.1, 0.15) is 0 Å². The van der Waals surface area contributed by atoms with E-state index in [0.29, 0.717) is 11.6 Å². The van der Waals surface area contributed by atoms with Crippen molar-refractivity contribution in [1.29, 1.82) is 0 Å². The first-order valence-corrected chi connectivity index (χ1v) is 7.89. The number of halogens is 1. The molecule has 1 aromatic carbocycles. The van der Waals surface area contributed by atoms with Gasteiger partial charge in [0.25, 0.3) is 0 Å². The van der Waals surface area contributed by atoms with Crippen molar-refractivity contribution in [2.24, 2.45) is 0 Å². The van der Waals surface area contributed by atoms with Crippen molar-refractivity contribution in [2.45, 2.75) is 37.5 Å². The molecule has 0 saturated heterocycles. The van der Waals surface area contributed by atoms with Crippen molar-refractivity contribution >= 4 is 23.6 Å². The van der Waals surface area contributed by atoms with Crippen LogP contribution >= 0.6 is 11.6 Å². The average Bonchev–Trinajstić information content (AvgIpc) is 2.95. The van der Waals surface area contributed by atoms with Gasteiger partial charge in [-0.05, 0) is 30.5 Å². The standard InChI is InChI=1S/C16H21ClN2O3/c17-13-5-3-4-12(10-13)16(7-1-2-8-16)11-19-15(22)18-9-6-14(20)21/h3-5,10H,1-2,6-9,11H2,(H,20,21)(H2,18,19,22). The van der Waals surface area contributed by atoms with Crippen LogP contribution < -0.4 is 10.6 Å². The van der Waals surface area contributed by atoms with Gasteiger partial charge in [0.15, 0.2) is 0 Å². The molecule has 2 rings (SSSR count). The number of benzene rings is 1. The summed E-state index contributed by atoms with van der Waals surface area (Å²) in [4.78, 5) is 22.2. The van der Waals surface area contributed by atoms with Gasteiger partial charge in [-0.3, -0.25) is 4.79 Å². The number of urea groups is 1. The maximum absolute atomic E-state index is 11.8. The maximum Gasteiger partial charge on any atom is 0.314 e. The molecule has 1 aliphatic rings. The minimum Gasteiger partial charge on any atom is -0.481 e. The zero-order valence-electron chi connectivity index (χ0n) is 12.4. The number of carboxylic acid groups (broad SMARTS) is 1. The molecule has 5 nitrogen and oxygen atoms in total. The fourth-order valence-corrected chi connectivity index (χ4v) is 3.22. The summed E-state index contributed by atoms with van der Waals surface area (Å²) in [5.74, 6) is -0.925. The fraction of sp³-hybridized carbons (Fsp3) is 0.500. The third-order valence-electron chi connectivity index (χ3n) is 4.21. The number of carbonyl (C=O) groups is 2. The first-order chi connectivity index (χ1) is 10.5. The molecule has 0 aliphatic heterocycles. The molecule has 0 radical (unpaired) electrons. The molecule has 0 aromatic heterocycles. The summed E-state index contributed by atoms with van der Waals surface area (Å²) in [5, 5.41) is 14.7. The van der Waals surface area contributed by atoms with Crippen LogP contribution in [0.3, 0.4) is 0 Å². The van der Waals surface area contributed by atoms with Crippen molar-refractivity contribution < 1.29 is 14.7 Å². The summed E-state index contributed by atoms with van der Waals surface area (Å²) in [7, 11) is 0. The third kappa shape index (κ3) is 4.37. The molecule has 0 bridgehead atoms. The van der Waals surface area contributed by atoms with Gasteiger partial charge in [-0.25, -0.2) is 4.79 Å². The van der Waals surface area contributed by atoms with Gasteiger partial charge in [-0.2, -0.15) is 0 Å². The fourth-order valence-electron chi connectivity index (χ4n) is 3.03. The first-order valence-electron chi connectivity index (χ1n) is 7.51. The van der Waals surface area contributed by atoms with E-state index in [4.69, 9.17) is 16.7 Å². The number of hydrogen-bond acceptors (Lipinski definition) is 2. The second-order valence-corrected chi connectivity index (χ2v) is 6.19. The normalized spacial score (nSPS) is 16.2. The lowest BCUT2D eigenvalue weighted by Crippen LogP contribution is -2.44. The molecule has 0 heterocycles. The molecule has 1 aliphatic carbocycles. The van der Waals surface area contributed by atoms with Gasteiger partial charge in [-0.15, -0.1) is 0 Å². The largest absolute Gasteiger partial charge is 0.481 e. The Balaban J connectivity index is 1.95. The van der Waals surface area contributed by atoms with Gasteiger partial charge < -0.3 is 15.7 Å². The van der Waals surface area contributed by atoms with Gasteiger partial charge in [-0.1, -0.05) is 36.6 Å². The predicted octanol–water partition coefficient (Wildman–Crippen LogP) is 2.93. The molecule has 6 heteroatoms. The van der Waals surface area contributed by atoms with E-state index >= 15 is 0 Å². The SMILES string of the molecule is O=C(O)CCNC(=O)NCC1(c2cccc(Cl)c2)CCCC1. The van der Waals surface area contributed by atoms with Crippen LogP contribution in [0.5, 0.6) is 0 Å². The molecule has 1 saturated carbocycles. The summed E-state index contributed by atoms with van der Waals surface area (Å²) >= 11 is 6.09. The monoisotopic (exact) mass is 324 g/mol. The van der Waals surface area contributed by atoms with E-state index in [1.54, 1.807) is 0 Å². The van der Waals surface area contributed by atoms with Gasteiger partial charge in [0, 0.05) is 23.5 Å². The topological polar surface area (TPSA) is 78.4 Å². The molecular weight excluding hydrogens is 304 g/mol. The number of amides is 2. The van der Waals surface area contributed by atoms with Crippen molar-refractivity contribution in [1.82, 2.24) is 10.6 Å². The van der Waals surface area contributed by atoms with Gasteiger partial charge in [0.05, 0.1) is 6.42 Å². The molecule has 1 aromatic rings. The molecule has 0 atom stereocenters. The Labute approximate surface area is 135 Å². The van der Waals surface area contributed by atoms with Crippen LogP contribution in [-0.2, 0) is 10.2 Å². The second kappa shape index (κ2) is 7.49. The summed E-state index contributed by atoms with van der Waals surface area (Å²) in [6.45, 7) is 0.664. The number of hydrogen-bond donors (Lipinski definition) is 3. The minimum atomic E-state index is -0.925. The lowest BCUT2D eigenvalue weighted by atomic mass is 9.79. The number of rotatable bonds is 6. The van der Waals surface area contributed by atoms with Crippen molar-refractivity contribution in [2.75, 3.05) is 13.1 Å². The highest BCUT2D eigenvalue weighted by Gasteiger charge is 2.36. The Kier molecular flexibility index (Phi) is 5.66. The van der Waals surface area contributed by atoms with E-state index in [-0.39, 0.29) is 24.4 Å². The predicted molar refractivity (Wildman–Crippen MR) is 85.3 cm³/mol. The molecule has 3 N–H and O–H groups in total. The molecule has 0 unspecified atom stereocenters. The van der Waals surface area contributed by atoms with E-state index in [1.165, 1.54) is 0 Å². The highest BCUT2D eigenvalue weighted by Crippen LogP contribution is 2.41. The Morgan fingerprint density at radius 1 is 1.23 bits per heavy atom. The average molecular weight is 325 g/mol. The number of carbonyl (C=O) groups excluding carboxylic acids is 1. The lowest BCUT2D eigenvalue weighted by molar-refractivity contribution is -0.136. The second-order valence-electron chi connectivity index (χ2n) is 5.75. The first kappa shape index (κ1) is 16.6. The quantitative estimate of drug-likeness (QED) is 0.752. The lowest BCUT2D eigenvalue weighted by Gasteiger charge is -2.30. The van der Waals surface area contributed by atoms with Crippen LogP contribution in [0.4, 0.5) is 4.79 Å². The molecular formula is C16H21ClN2O3. The Morgan fingerprint density at radius 2 is 1.95 bits per heavy atom. The van der Waals surface area contributed by atoms with Crippen LogP contribution in [-0.4, -0.2) is 30.2 Å². The van der Waals surface area contributed by atoms with Gasteiger partial charge >= 0.3 is 12.0 Å². The molecule has 0 spiro atoms. The maximum atomic E-state index is 11.8. The van der Waals surface area contributed by atoms with Crippen LogP contribution in [0.1, 0.15) is 37.7 Å². The van der Waals surface area contributed by atoms with Crippen molar-refractivity contribution in [3.63, 3.8) is 0 Å². The number of nitrogens with one attached hydrogen (secondary N) is 2. The highest BCUT2D eigenvalue weighted by molar-refractivity contribution is 6.30. The zero-order valence-corrected chi connectivity index (χ0v) is 13.2. The Hall–Kier alpha value is -1.75. The molecule has 2 amide bonds. The van der Waals surface area contributed by atoms with Crippen molar-refractivity contribution in [3.05, 3.63) is 34.9 Å². The van der Waals surface area contributed by atoms with Crippen molar-refractivity contribution in [3.8, 4) is 0 Å². The smallest absolute Gasteiger partial charge is 0.314 e. The highest BCUT2D eigenvalue weighted by atomic mass is 35.5. The Morgan fingerprint density at radius 3 is 2.59 bits per heavy atom. The van der Waals surface area contributed by atoms with Crippen LogP contribution in [0, 0.1) is 0 Å². The van der Waals surface area contributed by atoms with Crippen LogP contribution in [0.15, 0.2) is 24.3 Å². The van der Waals surface area contributed by atoms with E-state index in [1.807, 2.05) is 18.2 Å². The van der Waals surface area contributed by atoms with Crippen LogP contribution in [0.25, 0.3) is 0 Å². The number of aliphatic carboxylic acids is 1. The summed E-state index contributed by atoms with van der Waals surface area (Å²) in [5.41, 5.74) is 1.08.